The molecule has 0 aromatic heterocycles. The molecule has 0 unspecified atom stereocenters. The monoisotopic (exact) mass is 372 g/mol. The predicted octanol–water partition coefficient (Wildman–Crippen LogP) is 2.94. The van der Waals surface area contributed by atoms with E-state index in [2.05, 4.69) is 10.3 Å². The number of carbonyl (C=O) groups excluding carboxylic acids is 2. The molecular formula is C22H20N4O2. The fraction of sp³-hybridized carbons (Fsp3) is 0.0455. The SMILES string of the molecule is NC(N)=NCc1ccc(C(=O)Nc2ccc(C(=O)c3ccccc3)cc2)cc1. The molecule has 6 nitrogen and oxygen atoms in total. The van der Waals surface area contributed by atoms with Crippen molar-refractivity contribution in [3.63, 3.8) is 0 Å². The Bertz CT molecular complexity index is 991. The number of anilines is 1. The Morgan fingerprint density at radius 2 is 1.32 bits per heavy atom. The van der Waals surface area contributed by atoms with Crippen molar-refractivity contribution in [2.45, 2.75) is 6.54 Å². The minimum Gasteiger partial charge on any atom is -0.370 e. The van der Waals surface area contributed by atoms with E-state index in [4.69, 9.17) is 11.5 Å². The van der Waals surface area contributed by atoms with Gasteiger partial charge in [0.05, 0.1) is 6.54 Å². The number of nitrogens with one attached hydrogen (secondary N) is 1. The molecule has 0 atom stereocenters. The summed E-state index contributed by atoms with van der Waals surface area (Å²) in [5.41, 5.74) is 13.8. The number of benzene rings is 3. The topological polar surface area (TPSA) is 111 Å². The van der Waals surface area contributed by atoms with Crippen LogP contribution in [-0.4, -0.2) is 17.6 Å². The summed E-state index contributed by atoms with van der Waals surface area (Å²) in [5, 5.41) is 2.82. The summed E-state index contributed by atoms with van der Waals surface area (Å²) in [6.45, 7) is 0.362. The van der Waals surface area contributed by atoms with Crippen molar-refractivity contribution >= 4 is 23.3 Å². The first-order valence-electron chi connectivity index (χ1n) is 8.68. The van der Waals surface area contributed by atoms with Crippen LogP contribution < -0.4 is 16.8 Å². The second kappa shape index (κ2) is 8.64. The highest BCUT2D eigenvalue weighted by molar-refractivity contribution is 6.09. The van der Waals surface area contributed by atoms with Crippen LogP contribution in [0.4, 0.5) is 5.69 Å². The number of rotatable bonds is 6. The summed E-state index contributed by atoms with van der Waals surface area (Å²) in [7, 11) is 0. The van der Waals surface area contributed by atoms with Crippen molar-refractivity contribution < 1.29 is 9.59 Å². The van der Waals surface area contributed by atoms with Gasteiger partial charge in [0, 0.05) is 22.4 Å². The largest absolute Gasteiger partial charge is 0.370 e. The highest BCUT2D eigenvalue weighted by atomic mass is 16.1. The smallest absolute Gasteiger partial charge is 0.255 e. The number of nitrogens with two attached hydrogens (primary N) is 2. The van der Waals surface area contributed by atoms with Crippen LogP contribution in [-0.2, 0) is 6.54 Å². The number of amides is 1. The van der Waals surface area contributed by atoms with Gasteiger partial charge in [-0.25, -0.2) is 4.99 Å². The van der Waals surface area contributed by atoms with Gasteiger partial charge < -0.3 is 16.8 Å². The van der Waals surface area contributed by atoms with Crippen molar-refractivity contribution in [3.05, 3.63) is 101 Å². The van der Waals surface area contributed by atoms with E-state index in [0.29, 0.717) is 28.9 Å². The first-order valence-corrected chi connectivity index (χ1v) is 8.68. The Morgan fingerprint density at radius 1 is 0.750 bits per heavy atom. The van der Waals surface area contributed by atoms with Crippen LogP contribution in [0.1, 0.15) is 31.8 Å². The van der Waals surface area contributed by atoms with Gasteiger partial charge in [-0.3, -0.25) is 9.59 Å². The zero-order valence-corrected chi connectivity index (χ0v) is 15.1. The third-order valence-electron chi connectivity index (χ3n) is 4.10. The molecule has 1 amide bonds. The third kappa shape index (κ3) is 4.82. The van der Waals surface area contributed by atoms with Crippen molar-refractivity contribution in [1.29, 1.82) is 0 Å². The fourth-order valence-electron chi connectivity index (χ4n) is 2.61. The maximum Gasteiger partial charge on any atom is 0.255 e. The lowest BCUT2D eigenvalue weighted by atomic mass is 10.0. The number of aliphatic imine (C=N–C) groups is 1. The zero-order valence-electron chi connectivity index (χ0n) is 15.1. The zero-order chi connectivity index (χ0) is 19.9. The molecule has 0 bridgehead atoms. The summed E-state index contributed by atoms with van der Waals surface area (Å²) in [5.74, 6) is -0.277. The Labute approximate surface area is 162 Å². The van der Waals surface area contributed by atoms with Crippen molar-refractivity contribution in [1.82, 2.24) is 0 Å². The van der Waals surface area contributed by atoms with Crippen LogP contribution in [0.15, 0.2) is 83.9 Å². The van der Waals surface area contributed by atoms with Crippen LogP contribution >= 0.6 is 0 Å². The minimum atomic E-state index is -0.240. The van der Waals surface area contributed by atoms with E-state index in [1.807, 2.05) is 18.2 Å². The lowest BCUT2D eigenvalue weighted by Crippen LogP contribution is -2.22. The van der Waals surface area contributed by atoms with Gasteiger partial charge in [-0.15, -0.1) is 0 Å². The lowest BCUT2D eigenvalue weighted by molar-refractivity contribution is 0.102. The molecule has 0 aliphatic heterocycles. The van der Waals surface area contributed by atoms with Crippen LogP contribution in [0.3, 0.4) is 0 Å². The molecule has 140 valence electrons. The molecule has 0 aliphatic carbocycles. The number of hydrogen-bond donors (Lipinski definition) is 3. The molecule has 0 heterocycles. The number of hydrogen-bond acceptors (Lipinski definition) is 3. The minimum absolute atomic E-state index is 0.0241. The van der Waals surface area contributed by atoms with Crippen molar-refractivity contribution in [2.24, 2.45) is 16.5 Å². The average molecular weight is 372 g/mol. The van der Waals surface area contributed by atoms with E-state index in [1.54, 1.807) is 60.7 Å². The van der Waals surface area contributed by atoms with Gasteiger partial charge in [-0.2, -0.15) is 0 Å². The molecule has 3 aromatic rings. The number of ketones is 1. The van der Waals surface area contributed by atoms with E-state index in [0.717, 1.165) is 5.56 Å². The van der Waals surface area contributed by atoms with Gasteiger partial charge in [0.1, 0.15) is 0 Å². The van der Waals surface area contributed by atoms with Gasteiger partial charge in [0.25, 0.3) is 5.91 Å². The Kier molecular flexibility index (Phi) is 5.81. The third-order valence-corrected chi connectivity index (χ3v) is 4.10. The molecule has 0 radical (unpaired) electrons. The van der Waals surface area contributed by atoms with Crippen LogP contribution in [0, 0.1) is 0 Å². The molecule has 0 spiro atoms. The fourth-order valence-corrected chi connectivity index (χ4v) is 2.61. The maximum absolute atomic E-state index is 12.4. The lowest BCUT2D eigenvalue weighted by Gasteiger charge is -2.07. The summed E-state index contributed by atoms with van der Waals surface area (Å²) < 4.78 is 0. The van der Waals surface area contributed by atoms with E-state index in [-0.39, 0.29) is 17.6 Å². The van der Waals surface area contributed by atoms with E-state index in [9.17, 15) is 9.59 Å². The number of nitrogens with zero attached hydrogens (tertiary/aromatic N) is 1. The normalized spacial score (nSPS) is 10.1. The molecule has 6 heteroatoms. The quantitative estimate of drug-likeness (QED) is 0.351. The van der Waals surface area contributed by atoms with Gasteiger partial charge in [-0.1, -0.05) is 42.5 Å². The highest BCUT2D eigenvalue weighted by Crippen LogP contribution is 2.15. The second-order valence-electron chi connectivity index (χ2n) is 6.16. The molecule has 0 aliphatic rings. The van der Waals surface area contributed by atoms with Crippen molar-refractivity contribution in [3.8, 4) is 0 Å². The molecule has 0 saturated carbocycles. The number of carbonyl (C=O) groups is 2. The molecule has 3 aromatic carbocycles. The second-order valence-corrected chi connectivity index (χ2v) is 6.16. The molecule has 28 heavy (non-hydrogen) atoms. The molecular weight excluding hydrogens is 352 g/mol. The van der Waals surface area contributed by atoms with Crippen molar-refractivity contribution in [2.75, 3.05) is 5.32 Å². The molecule has 3 rings (SSSR count). The molecule has 0 saturated heterocycles. The first kappa shape index (κ1) is 18.8. The van der Waals surface area contributed by atoms with Gasteiger partial charge in [-0.05, 0) is 42.0 Å². The van der Waals surface area contributed by atoms with Gasteiger partial charge in [0.15, 0.2) is 11.7 Å². The summed E-state index contributed by atoms with van der Waals surface area (Å²) >= 11 is 0. The summed E-state index contributed by atoms with van der Waals surface area (Å²) in [6.07, 6.45) is 0. The van der Waals surface area contributed by atoms with E-state index >= 15 is 0 Å². The predicted molar refractivity (Wildman–Crippen MR) is 110 cm³/mol. The van der Waals surface area contributed by atoms with Gasteiger partial charge >= 0.3 is 0 Å². The Balaban J connectivity index is 1.64. The first-order chi connectivity index (χ1) is 13.5. The standard InChI is InChI=1S/C22H20N4O2/c23-22(24)25-14-15-6-8-18(9-7-15)21(28)26-19-12-10-17(11-13-19)20(27)16-4-2-1-3-5-16/h1-13H,14H2,(H,26,28)(H4,23,24,25). The van der Waals surface area contributed by atoms with Crippen LogP contribution in [0.25, 0.3) is 0 Å². The highest BCUT2D eigenvalue weighted by Gasteiger charge is 2.10. The summed E-state index contributed by atoms with van der Waals surface area (Å²) in [6, 6.07) is 22.9. The van der Waals surface area contributed by atoms with E-state index < -0.39 is 0 Å². The van der Waals surface area contributed by atoms with E-state index in [1.165, 1.54) is 0 Å². The summed E-state index contributed by atoms with van der Waals surface area (Å²) in [4.78, 5) is 28.7. The Morgan fingerprint density at radius 3 is 1.93 bits per heavy atom. The molecule has 0 fully saturated rings. The van der Waals surface area contributed by atoms with Crippen LogP contribution in [0.5, 0.6) is 0 Å². The average Bonchev–Trinajstić information content (AvgIpc) is 2.73. The van der Waals surface area contributed by atoms with Crippen LogP contribution in [0.2, 0.25) is 0 Å². The number of guanidine groups is 1. The molecule has 5 N–H and O–H groups in total. The van der Waals surface area contributed by atoms with Gasteiger partial charge in [0.2, 0.25) is 0 Å². The maximum atomic E-state index is 12.4. The Hall–Kier alpha value is -3.93.